The summed E-state index contributed by atoms with van der Waals surface area (Å²) < 4.78 is 8.67. The van der Waals surface area contributed by atoms with E-state index in [1.807, 2.05) is 54.6 Å². The molecule has 1 aliphatic carbocycles. The van der Waals surface area contributed by atoms with Crippen LogP contribution in [0.1, 0.15) is 42.0 Å². The molecule has 0 spiro atoms. The number of halogens is 3. The second-order valence-corrected chi connectivity index (χ2v) is 13.0. The first-order chi connectivity index (χ1) is 20.4. The Kier molecular flexibility index (Phi) is 7.14. The maximum atomic E-state index is 14.0. The molecule has 3 aromatic carbocycles. The lowest BCUT2D eigenvalue weighted by molar-refractivity contribution is 0.553. The number of hydrogen-bond acceptors (Lipinski definition) is 5. The van der Waals surface area contributed by atoms with Crippen LogP contribution in [0.5, 0.6) is 0 Å². The van der Waals surface area contributed by atoms with Crippen LogP contribution in [-0.4, -0.2) is 4.57 Å². The fourth-order valence-corrected chi connectivity index (χ4v) is 7.23. The highest BCUT2D eigenvalue weighted by Crippen LogP contribution is 2.41. The summed E-state index contributed by atoms with van der Waals surface area (Å²) in [6.07, 6.45) is 7.81. The van der Waals surface area contributed by atoms with Gasteiger partial charge >= 0.3 is 0 Å². The average Bonchev–Trinajstić information content (AvgIpc) is 3.30. The van der Waals surface area contributed by atoms with E-state index in [0.29, 0.717) is 35.9 Å². The zero-order valence-electron chi connectivity index (χ0n) is 21.9. The lowest BCUT2D eigenvalue weighted by Gasteiger charge is -2.31. The van der Waals surface area contributed by atoms with Crippen molar-refractivity contribution in [1.82, 2.24) is 4.57 Å². The monoisotopic (exact) mass is 674 g/mol. The van der Waals surface area contributed by atoms with Crippen LogP contribution >= 0.6 is 50.5 Å². The predicted molar refractivity (Wildman–Crippen MR) is 173 cm³/mol. The number of allylic oxidation sites excluding steroid dienone is 2. The van der Waals surface area contributed by atoms with Gasteiger partial charge in [-0.15, -0.1) is 0 Å². The van der Waals surface area contributed by atoms with Gasteiger partial charge in [0.05, 0.1) is 27.2 Å². The molecule has 0 saturated heterocycles. The van der Waals surface area contributed by atoms with Gasteiger partial charge in [0.2, 0.25) is 0 Å². The van der Waals surface area contributed by atoms with Crippen LogP contribution in [0.3, 0.4) is 0 Å². The molecule has 1 aliphatic heterocycles. The molecule has 2 aliphatic rings. The Labute approximate surface area is 262 Å². The van der Waals surface area contributed by atoms with Crippen molar-refractivity contribution in [3.8, 4) is 0 Å². The first-order valence-corrected chi connectivity index (χ1v) is 15.7. The minimum absolute atomic E-state index is 0.201. The second kappa shape index (κ2) is 11.0. The molecule has 42 heavy (non-hydrogen) atoms. The highest BCUT2D eigenvalue weighted by molar-refractivity contribution is 9.10. The van der Waals surface area contributed by atoms with Crippen molar-refractivity contribution in [2.45, 2.75) is 25.3 Å². The van der Waals surface area contributed by atoms with Crippen molar-refractivity contribution in [3.63, 3.8) is 0 Å². The summed E-state index contributed by atoms with van der Waals surface area (Å²) in [7, 11) is 0. The Morgan fingerprint density at radius 2 is 1.69 bits per heavy atom. The Balaban J connectivity index is 1.44. The smallest absolute Gasteiger partial charge is 0.271 e. The van der Waals surface area contributed by atoms with E-state index in [1.165, 1.54) is 17.6 Å². The number of thiazole rings is 1. The van der Waals surface area contributed by atoms with Crippen molar-refractivity contribution >= 4 is 73.6 Å². The topological polar surface area (TPSA) is 64.6 Å². The minimum atomic E-state index is -0.339. The van der Waals surface area contributed by atoms with E-state index in [1.54, 1.807) is 22.8 Å². The average molecular weight is 676 g/mol. The van der Waals surface area contributed by atoms with Crippen LogP contribution in [0, 0.1) is 0 Å². The Morgan fingerprint density at radius 1 is 0.952 bits per heavy atom. The highest BCUT2D eigenvalue weighted by atomic mass is 79.9. The molecule has 3 heterocycles. The van der Waals surface area contributed by atoms with Gasteiger partial charge < -0.3 is 4.42 Å². The van der Waals surface area contributed by atoms with Crippen LogP contribution in [-0.2, 0) is 0 Å². The zero-order valence-corrected chi connectivity index (χ0v) is 25.9. The quantitative estimate of drug-likeness (QED) is 0.197. The first-order valence-electron chi connectivity index (χ1n) is 13.3. The number of benzene rings is 3. The Bertz CT molecular complexity index is 2190. The van der Waals surface area contributed by atoms with Crippen LogP contribution in [0.4, 0.5) is 0 Å². The van der Waals surface area contributed by atoms with E-state index < -0.39 is 0 Å². The summed E-state index contributed by atoms with van der Waals surface area (Å²) in [6, 6.07) is 20.3. The van der Waals surface area contributed by atoms with Crippen LogP contribution < -0.4 is 20.3 Å². The lowest BCUT2D eigenvalue weighted by atomic mass is 9.84. The van der Waals surface area contributed by atoms with Crippen molar-refractivity contribution in [2.75, 3.05) is 0 Å². The first kappa shape index (κ1) is 27.3. The van der Waals surface area contributed by atoms with E-state index in [9.17, 15) is 9.59 Å². The van der Waals surface area contributed by atoms with Gasteiger partial charge in [0.1, 0.15) is 11.8 Å². The number of hydrogen-bond donors (Lipinski definition) is 0. The normalized spacial score (nSPS) is 17.8. The summed E-state index contributed by atoms with van der Waals surface area (Å²) in [5.74, 6) is 0. The number of aromatic nitrogens is 1. The molecule has 0 N–H and O–H groups in total. The minimum Gasteiger partial charge on any atom is -0.463 e. The number of nitrogens with zero attached hydrogens (tertiary/aromatic N) is 2. The molecule has 1 atom stereocenters. The maximum Gasteiger partial charge on any atom is 0.271 e. The fraction of sp³-hybridized carbons (Fsp3) is 0.121. The van der Waals surface area contributed by atoms with Gasteiger partial charge in [-0.1, -0.05) is 74.7 Å². The summed E-state index contributed by atoms with van der Waals surface area (Å²) in [5.41, 5.74) is 5.51. The molecular weight excluding hydrogens is 655 g/mol. The molecule has 9 heteroatoms. The third kappa shape index (κ3) is 4.94. The van der Waals surface area contributed by atoms with E-state index in [2.05, 4.69) is 22.0 Å². The number of fused-ring (bicyclic) bond motifs is 2. The molecule has 7 rings (SSSR count). The third-order valence-corrected chi connectivity index (χ3v) is 9.56. The summed E-state index contributed by atoms with van der Waals surface area (Å²) in [5, 5.41) is 1.75. The van der Waals surface area contributed by atoms with Gasteiger partial charge in [-0.2, -0.15) is 0 Å². The summed E-state index contributed by atoms with van der Waals surface area (Å²) >= 11 is 17.1. The standard InChI is InChI=1S/C33H21BrCl2N2O3S/c34-22-8-13-27-26(16-22)31(39)21(17-41-27)15-28-32(40)38-30(19-6-11-24(36)12-7-19)25-3-1-2-20(29(25)37-33(38)42-28)14-18-4-9-23(35)10-5-18/h4-17,30H,1-3H2/b20-14+,28-15+/t30-/m0/s1. The van der Waals surface area contributed by atoms with E-state index in [4.69, 9.17) is 32.6 Å². The van der Waals surface area contributed by atoms with E-state index >= 15 is 0 Å². The van der Waals surface area contributed by atoms with E-state index in [0.717, 1.165) is 51.7 Å². The highest BCUT2D eigenvalue weighted by Gasteiger charge is 2.32. The molecule has 0 fully saturated rings. The van der Waals surface area contributed by atoms with Gasteiger partial charge in [0, 0.05) is 14.5 Å². The lowest BCUT2D eigenvalue weighted by Crippen LogP contribution is -2.39. The van der Waals surface area contributed by atoms with E-state index in [-0.39, 0.29) is 17.0 Å². The van der Waals surface area contributed by atoms with Crippen molar-refractivity contribution in [2.24, 2.45) is 4.99 Å². The maximum absolute atomic E-state index is 14.0. The van der Waals surface area contributed by atoms with Gasteiger partial charge in [0.15, 0.2) is 10.2 Å². The largest absolute Gasteiger partial charge is 0.463 e. The molecule has 2 aromatic heterocycles. The third-order valence-electron chi connectivity index (χ3n) is 7.58. The number of rotatable bonds is 3. The van der Waals surface area contributed by atoms with Gasteiger partial charge in [-0.25, -0.2) is 4.99 Å². The van der Waals surface area contributed by atoms with Gasteiger partial charge in [-0.3, -0.25) is 14.2 Å². The van der Waals surface area contributed by atoms with Crippen LogP contribution in [0.2, 0.25) is 10.0 Å². The Hall–Kier alpha value is -3.49. The van der Waals surface area contributed by atoms with Crippen molar-refractivity contribution in [1.29, 1.82) is 0 Å². The molecular formula is C33H21BrCl2N2O3S. The second-order valence-electron chi connectivity index (χ2n) is 10.2. The van der Waals surface area contributed by atoms with Gasteiger partial charge in [-0.05, 0) is 96.2 Å². The molecule has 0 amide bonds. The van der Waals surface area contributed by atoms with Crippen LogP contribution in [0.25, 0.3) is 23.1 Å². The molecule has 0 unspecified atom stereocenters. The van der Waals surface area contributed by atoms with Crippen molar-refractivity contribution < 1.29 is 4.42 Å². The molecule has 0 radical (unpaired) electrons. The predicted octanol–water partition coefficient (Wildman–Crippen LogP) is 7.66. The van der Waals surface area contributed by atoms with Crippen molar-refractivity contribution in [3.05, 3.63) is 151 Å². The molecule has 5 nitrogen and oxygen atoms in total. The SMILES string of the molecule is O=c1c(/C=c2/sc3n(c2=O)[C@@H](c2ccc(Cl)cc2)C2=C(N=3)/C(=C/c3ccc(Cl)cc3)CCC2)coc2ccc(Br)cc12. The van der Waals surface area contributed by atoms with Gasteiger partial charge in [0.25, 0.3) is 5.56 Å². The molecule has 0 bridgehead atoms. The molecule has 208 valence electrons. The zero-order chi connectivity index (χ0) is 29.0. The summed E-state index contributed by atoms with van der Waals surface area (Å²) in [4.78, 5) is 33.0. The fourth-order valence-electron chi connectivity index (χ4n) is 5.62. The molecule has 0 saturated carbocycles. The molecule has 5 aromatic rings. The Morgan fingerprint density at radius 3 is 2.45 bits per heavy atom. The summed E-state index contributed by atoms with van der Waals surface area (Å²) in [6.45, 7) is 0. The van der Waals surface area contributed by atoms with Crippen LogP contribution in [0.15, 0.2) is 113 Å².